The Balaban J connectivity index is 1.35. The number of halogens is 1. The summed E-state index contributed by atoms with van der Waals surface area (Å²) in [6.45, 7) is 2.42. The maximum atomic E-state index is 13.3. The van der Waals surface area contributed by atoms with Crippen molar-refractivity contribution in [1.82, 2.24) is 15.0 Å². The number of nitrogens with zero attached hydrogens (tertiary/aromatic N) is 4. The fourth-order valence-corrected chi connectivity index (χ4v) is 4.70. The summed E-state index contributed by atoms with van der Waals surface area (Å²) in [6.07, 6.45) is 3.81. The Labute approximate surface area is 172 Å². The van der Waals surface area contributed by atoms with Crippen LogP contribution in [0.3, 0.4) is 0 Å². The molecule has 9 heteroatoms. The van der Waals surface area contributed by atoms with Crippen LogP contribution in [0.2, 0.25) is 0 Å². The number of ether oxygens (including phenoxy) is 1. The number of hydrogen-bond donors (Lipinski definition) is 0. The molecule has 5 rings (SSSR count). The number of carbonyl (C=O) groups excluding carboxylic acids is 2. The molecule has 0 unspecified atom stereocenters. The van der Waals surface area contributed by atoms with Crippen molar-refractivity contribution in [3.05, 3.63) is 53.9 Å². The van der Waals surface area contributed by atoms with Gasteiger partial charge < -0.3 is 19.1 Å². The van der Waals surface area contributed by atoms with Crippen molar-refractivity contribution in [2.75, 3.05) is 25.0 Å². The molecule has 2 amide bonds. The first-order valence-electron chi connectivity index (χ1n) is 9.86. The Morgan fingerprint density at radius 2 is 2.13 bits per heavy atom. The molecule has 1 aromatic heterocycles. The van der Waals surface area contributed by atoms with E-state index in [2.05, 4.69) is 10.1 Å². The van der Waals surface area contributed by atoms with Crippen molar-refractivity contribution in [1.29, 1.82) is 0 Å². The van der Waals surface area contributed by atoms with Gasteiger partial charge >= 0.3 is 0 Å². The lowest BCUT2D eigenvalue weighted by molar-refractivity contribution is -0.139. The molecule has 30 heavy (non-hydrogen) atoms. The first-order valence-corrected chi connectivity index (χ1v) is 9.86. The third kappa shape index (κ3) is 2.84. The van der Waals surface area contributed by atoms with Crippen molar-refractivity contribution >= 4 is 17.5 Å². The molecule has 3 aliphatic heterocycles. The zero-order valence-electron chi connectivity index (χ0n) is 16.6. The SMILES string of the molecule is Cc1nc(CCN(C)C(=O)[C@@H]2[C@@H]3C=C[C@@]4(CN(c5ccc(F)cc5)C(=O)[C@H]24)O3)no1. The van der Waals surface area contributed by atoms with Gasteiger partial charge in [-0.1, -0.05) is 17.3 Å². The van der Waals surface area contributed by atoms with Crippen LogP contribution in [-0.2, 0) is 20.7 Å². The number of amides is 2. The van der Waals surface area contributed by atoms with E-state index in [9.17, 15) is 14.0 Å². The maximum Gasteiger partial charge on any atom is 0.234 e. The van der Waals surface area contributed by atoms with Gasteiger partial charge in [0.2, 0.25) is 17.7 Å². The van der Waals surface area contributed by atoms with Crippen molar-refractivity contribution in [2.24, 2.45) is 11.8 Å². The molecule has 0 radical (unpaired) electrons. The highest BCUT2D eigenvalue weighted by Crippen LogP contribution is 2.53. The van der Waals surface area contributed by atoms with Crippen LogP contribution in [0.5, 0.6) is 0 Å². The minimum Gasteiger partial charge on any atom is -0.360 e. The van der Waals surface area contributed by atoms with Crippen LogP contribution < -0.4 is 4.90 Å². The van der Waals surface area contributed by atoms with Crippen molar-refractivity contribution in [3.8, 4) is 0 Å². The van der Waals surface area contributed by atoms with E-state index >= 15 is 0 Å². The third-order valence-corrected chi connectivity index (χ3v) is 6.14. The second-order valence-corrected chi connectivity index (χ2v) is 8.04. The Morgan fingerprint density at radius 3 is 2.83 bits per heavy atom. The first-order chi connectivity index (χ1) is 14.4. The Bertz CT molecular complexity index is 1040. The molecule has 4 atom stereocenters. The zero-order valence-corrected chi connectivity index (χ0v) is 16.6. The van der Waals surface area contributed by atoms with E-state index in [0.717, 1.165) is 0 Å². The van der Waals surface area contributed by atoms with Gasteiger partial charge in [0.05, 0.1) is 24.5 Å². The van der Waals surface area contributed by atoms with Gasteiger partial charge in [0, 0.05) is 32.6 Å². The summed E-state index contributed by atoms with van der Waals surface area (Å²) < 4.78 is 24.4. The number of anilines is 1. The molecular formula is C21H21FN4O4. The first kappa shape index (κ1) is 18.9. The fraction of sp³-hybridized carbons (Fsp3) is 0.429. The molecule has 2 aromatic rings. The van der Waals surface area contributed by atoms with Gasteiger partial charge in [0.15, 0.2) is 5.82 Å². The number of carbonyl (C=O) groups is 2. The van der Waals surface area contributed by atoms with E-state index in [1.165, 1.54) is 12.1 Å². The highest BCUT2D eigenvalue weighted by atomic mass is 19.1. The second-order valence-electron chi connectivity index (χ2n) is 8.04. The topological polar surface area (TPSA) is 88.8 Å². The number of aryl methyl sites for hydroxylation is 1. The Kier molecular flexibility index (Phi) is 4.25. The van der Waals surface area contributed by atoms with Crippen LogP contribution in [0.15, 0.2) is 40.9 Å². The maximum absolute atomic E-state index is 13.3. The zero-order chi connectivity index (χ0) is 21.0. The van der Waals surface area contributed by atoms with Crippen LogP contribution in [0.25, 0.3) is 0 Å². The predicted octanol–water partition coefficient (Wildman–Crippen LogP) is 1.50. The summed E-state index contributed by atoms with van der Waals surface area (Å²) in [6, 6.07) is 5.77. The molecule has 2 bridgehead atoms. The fourth-order valence-electron chi connectivity index (χ4n) is 4.70. The average molecular weight is 412 g/mol. The van der Waals surface area contributed by atoms with E-state index in [1.54, 1.807) is 35.9 Å². The van der Waals surface area contributed by atoms with Crippen molar-refractivity contribution in [2.45, 2.75) is 25.0 Å². The van der Waals surface area contributed by atoms with E-state index in [4.69, 9.17) is 9.26 Å². The van der Waals surface area contributed by atoms with Crippen molar-refractivity contribution < 1.29 is 23.2 Å². The smallest absolute Gasteiger partial charge is 0.234 e. The van der Waals surface area contributed by atoms with Crippen LogP contribution in [-0.4, -0.2) is 58.7 Å². The summed E-state index contributed by atoms with van der Waals surface area (Å²) >= 11 is 0. The average Bonchev–Trinajstić information content (AvgIpc) is 3.47. The molecule has 0 N–H and O–H groups in total. The molecule has 3 aliphatic rings. The summed E-state index contributed by atoms with van der Waals surface area (Å²) in [5.74, 6) is -0.867. The largest absolute Gasteiger partial charge is 0.360 e. The molecular weight excluding hydrogens is 391 g/mol. The predicted molar refractivity (Wildman–Crippen MR) is 103 cm³/mol. The Hall–Kier alpha value is -3.07. The van der Waals surface area contributed by atoms with Gasteiger partial charge in [-0.15, -0.1) is 0 Å². The van der Waals surface area contributed by atoms with Crippen LogP contribution >= 0.6 is 0 Å². The normalized spacial score (nSPS) is 29.0. The standard InChI is InChI=1S/C21H21FN4O4/c1-12-23-16(24-30-12)8-10-25(2)19(27)17-15-7-9-21(29-15)11-26(20(28)18(17)21)14-5-3-13(22)4-6-14/h3-7,9,15,17-18H,8,10-11H2,1-2H3/t15-,17+,18-,21-/m0/s1. The highest BCUT2D eigenvalue weighted by molar-refractivity contribution is 6.03. The number of rotatable bonds is 5. The summed E-state index contributed by atoms with van der Waals surface area (Å²) in [5, 5.41) is 3.85. The summed E-state index contributed by atoms with van der Waals surface area (Å²) in [5.41, 5.74) is -0.222. The minimum absolute atomic E-state index is 0.147. The van der Waals surface area contributed by atoms with Gasteiger partial charge in [-0.3, -0.25) is 9.59 Å². The molecule has 4 heterocycles. The molecule has 8 nitrogen and oxygen atoms in total. The second kappa shape index (κ2) is 6.73. The van der Waals surface area contributed by atoms with E-state index in [1.807, 2.05) is 12.2 Å². The van der Waals surface area contributed by atoms with Crippen LogP contribution in [0.1, 0.15) is 11.7 Å². The quantitative estimate of drug-likeness (QED) is 0.692. The number of hydrogen-bond acceptors (Lipinski definition) is 6. The lowest BCUT2D eigenvalue weighted by atomic mass is 9.76. The molecule has 1 aromatic carbocycles. The number of aromatic nitrogens is 2. The summed E-state index contributed by atoms with van der Waals surface area (Å²) in [7, 11) is 1.70. The molecule has 0 aliphatic carbocycles. The molecule has 2 fully saturated rings. The van der Waals surface area contributed by atoms with E-state index in [-0.39, 0.29) is 17.6 Å². The number of fused-ring (bicyclic) bond motifs is 1. The van der Waals surface area contributed by atoms with E-state index < -0.39 is 23.5 Å². The molecule has 2 saturated heterocycles. The molecule has 0 saturated carbocycles. The van der Waals surface area contributed by atoms with Crippen molar-refractivity contribution in [3.63, 3.8) is 0 Å². The number of benzene rings is 1. The lowest BCUT2D eigenvalue weighted by Crippen LogP contribution is -2.45. The molecule has 1 spiro atoms. The van der Waals surface area contributed by atoms with Gasteiger partial charge in [0.1, 0.15) is 11.4 Å². The van der Waals surface area contributed by atoms with E-state index in [0.29, 0.717) is 36.9 Å². The monoisotopic (exact) mass is 412 g/mol. The lowest BCUT2D eigenvalue weighted by Gasteiger charge is -2.27. The summed E-state index contributed by atoms with van der Waals surface area (Å²) in [4.78, 5) is 33.9. The number of likely N-dealkylation sites (N-methyl/N-ethyl adjacent to an activating group) is 1. The molecule has 156 valence electrons. The van der Waals surface area contributed by atoms with Crippen LogP contribution in [0.4, 0.5) is 10.1 Å². The van der Waals surface area contributed by atoms with Gasteiger partial charge in [-0.2, -0.15) is 4.98 Å². The van der Waals surface area contributed by atoms with Crippen LogP contribution in [0, 0.1) is 24.6 Å². The van der Waals surface area contributed by atoms with Gasteiger partial charge in [0.25, 0.3) is 0 Å². The minimum atomic E-state index is -0.817. The van der Waals surface area contributed by atoms with Gasteiger partial charge in [-0.05, 0) is 24.3 Å². The Morgan fingerprint density at radius 1 is 1.37 bits per heavy atom. The van der Waals surface area contributed by atoms with Gasteiger partial charge in [-0.25, -0.2) is 4.39 Å². The highest BCUT2D eigenvalue weighted by Gasteiger charge is 2.67. The third-order valence-electron chi connectivity index (χ3n) is 6.14.